The van der Waals surface area contributed by atoms with Crippen LogP contribution in [-0.4, -0.2) is 14.1 Å². The summed E-state index contributed by atoms with van der Waals surface area (Å²) < 4.78 is 4.53. The molecular weight excluding hydrogens is 390 g/mol. The van der Waals surface area contributed by atoms with Gasteiger partial charge in [-0.3, -0.25) is 4.57 Å². The molecule has 7 rings (SSSR count). The molecule has 4 aromatic carbocycles. The Hall–Kier alpha value is -3.85. The topological polar surface area (TPSA) is 22.8 Å². The summed E-state index contributed by atoms with van der Waals surface area (Å²) in [7, 11) is 2.11. The number of nitrogens with zero attached hydrogens (tertiary/aromatic N) is 3. The monoisotopic (exact) mass is 413 g/mol. The molecule has 2 heterocycles. The maximum Gasteiger partial charge on any atom is 0.215 e. The van der Waals surface area contributed by atoms with Gasteiger partial charge in [0.25, 0.3) is 0 Å². The van der Waals surface area contributed by atoms with Crippen LogP contribution < -0.4 is 0 Å². The number of aryl methyl sites for hydroxylation is 1. The van der Waals surface area contributed by atoms with E-state index in [0.29, 0.717) is 0 Å². The Morgan fingerprint density at radius 2 is 1.38 bits per heavy atom. The van der Waals surface area contributed by atoms with Crippen molar-refractivity contribution in [2.24, 2.45) is 7.05 Å². The zero-order valence-corrected chi connectivity index (χ0v) is 18.4. The number of hydrogen-bond donors (Lipinski definition) is 0. The average Bonchev–Trinajstić information content (AvgIpc) is 3.39. The highest BCUT2D eigenvalue weighted by Gasteiger charge is 2.36. The summed E-state index contributed by atoms with van der Waals surface area (Å²) >= 11 is 0. The van der Waals surface area contributed by atoms with E-state index >= 15 is 0 Å². The lowest BCUT2D eigenvalue weighted by atomic mass is 9.82. The first-order valence-electron chi connectivity index (χ1n) is 11.1. The van der Waals surface area contributed by atoms with Crippen LogP contribution in [0.1, 0.15) is 25.0 Å². The lowest BCUT2D eigenvalue weighted by Gasteiger charge is -2.21. The van der Waals surface area contributed by atoms with Gasteiger partial charge in [0.2, 0.25) is 5.95 Å². The highest BCUT2D eigenvalue weighted by molar-refractivity contribution is 6.11. The second-order valence-corrected chi connectivity index (χ2v) is 9.40. The standard InChI is InChI=1S/C29H23N3/c1-29(2)22-12-6-4-10-18(22)20-17-27-21(16-23(20)29)19-11-5-8-14-25(19)32(27)28-30-24-13-7-9-15-26(24)31(28)3/h4-17H,1-3H3. The molecule has 6 aromatic rings. The second kappa shape index (κ2) is 5.89. The van der Waals surface area contributed by atoms with Gasteiger partial charge in [-0.1, -0.05) is 68.4 Å². The maximum atomic E-state index is 5.05. The maximum absolute atomic E-state index is 5.05. The van der Waals surface area contributed by atoms with Crippen LogP contribution >= 0.6 is 0 Å². The zero-order chi connectivity index (χ0) is 21.6. The van der Waals surface area contributed by atoms with Gasteiger partial charge in [0.15, 0.2) is 0 Å². The van der Waals surface area contributed by atoms with E-state index in [9.17, 15) is 0 Å². The normalized spacial score (nSPS) is 14.3. The van der Waals surface area contributed by atoms with Gasteiger partial charge in [0.05, 0.1) is 22.1 Å². The van der Waals surface area contributed by atoms with Gasteiger partial charge in [0, 0.05) is 23.2 Å². The number of aromatic nitrogens is 3. The van der Waals surface area contributed by atoms with Gasteiger partial charge >= 0.3 is 0 Å². The number of fused-ring (bicyclic) bond motifs is 7. The molecule has 0 atom stereocenters. The first kappa shape index (κ1) is 17.8. The fourth-order valence-corrected chi connectivity index (χ4v) is 5.71. The van der Waals surface area contributed by atoms with Gasteiger partial charge in [-0.05, 0) is 52.6 Å². The molecule has 0 radical (unpaired) electrons. The third-order valence-corrected chi connectivity index (χ3v) is 7.34. The lowest BCUT2D eigenvalue weighted by molar-refractivity contribution is 0.661. The van der Waals surface area contributed by atoms with Gasteiger partial charge in [-0.25, -0.2) is 4.98 Å². The molecule has 0 saturated heterocycles. The summed E-state index contributed by atoms with van der Waals surface area (Å²) in [5, 5.41) is 2.55. The summed E-state index contributed by atoms with van der Waals surface area (Å²) in [6.07, 6.45) is 0. The molecule has 0 spiro atoms. The number of para-hydroxylation sites is 3. The number of benzene rings is 4. The summed E-state index contributed by atoms with van der Waals surface area (Å²) in [6.45, 7) is 4.68. The molecule has 0 saturated carbocycles. The van der Waals surface area contributed by atoms with Crippen molar-refractivity contribution in [3.8, 4) is 17.1 Å². The minimum absolute atomic E-state index is 0.0127. The van der Waals surface area contributed by atoms with Crippen LogP contribution in [0.3, 0.4) is 0 Å². The van der Waals surface area contributed by atoms with Gasteiger partial charge in [0.1, 0.15) is 0 Å². The summed E-state index contributed by atoms with van der Waals surface area (Å²) in [6, 6.07) is 30.7. The number of hydrogen-bond acceptors (Lipinski definition) is 1. The molecule has 1 aliphatic carbocycles. The Balaban J connectivity index is 1.65. The fourth-order valence-electron chi connectivity index (χ4n) is 5.71. The van der Waals surface area contributed by atoms with Crippen LogP contribution in [0.5, 0.6) is 0 Å². The smallest absolute Gasteiger partial charge is 0.215 e. The zero-order valence-electron chi connectivity index (χ0n) is 18.4. The molecule has 0 bridgehead atoms. The molecule has 154 valence electrons. The Morgan fingerprint density at radius 3 is 2.22 bits per heavy atom. The molecule has 3 heteroatoms. The van der Waals surface area contributed by atoms with E-state index in [-0.39, 0.29) is 5.41 Å². The molecule has 0 unspecified atom stereocenters. The summed E-state index contributed by atoms with van der Waals surface area (Å²) in [5.41, 5.74) is 10.0. The number of rotatable bonds is 1. The molecule has 0 fully saturated rings. The predicted octanol–water partition coefficient (Wildman–Crippen LogP) is 6.98. The molecule has 0 aliphatic heterocycles. The van der Waals surface area contributed by atoms with Crippen molar-refractivity contribution in [3.05, 3.63) is 96.1 Å². The van der Waals surface area contributed by atoms with E-state index < -0.39 is 0 Å². The van der Waals surface area contributed by atoms with E-state index in [4.69, 9.17) is 4.98 Å². The van der Waals surface area contributed by atoms with Gasteiger partial charge in [-0.2, -0.15) is 0 Å². The first-order chi connectivity index (χ1) is 15.6. The molecule has 32 heavy (non-hydrogen) atoms. The minimum Gasteiger partial charge on any atom is -0.313 e. The van der Waals surface area contributed by atoms with E-state index in [1.165, 1.54) is 44.1 Å². The van der Waals surface area contributed by atoms with Gasteiger partial charge in [-0.15, -0.1) is 0 Å². The highest BCUT2D eigenvalue weighted by Crippen LogP contribution is 2.50. The third kappa shape index (κ3) is 2.08. The van der Waals surface area contributed by atoms with Crippen molar-refractivity contribution in [2.45, 2.75) is 19.3 Å². The van der Waals surface area contributed by atoms with Crippen LogP contribution in [0.25, 0.3) is 49.9 Å². The highest BCUT2D eigenvalue weighted by atomic mass is 15.2. The van der Waals surface area contributed by atoms with Crippen LogP contribution in [0.15, 0.2) is 84.9 Å². The first-order valence-corrected chi connectivity index (χ1v) is 11.1. The lowest BCUT2D eigenvalue weighted by Crippen LogP contribution is -2.14. The third-order valence-electron chi connectivity index (χ3n) is 7.34. The van der Waals surface area contributed by atoms with Crippen molar-refractivity contribution in [1.29, 1.82) is 0 Å². The predicted molar refractivity (Wildman–Crippen MR) is 133 cm³/mol. The Kier molecular flexibility index (Phi) is 3.27. The Bertz CT molecular complexity index is 1710. The van der Waals surface area contributed by atoms with E-state index in [1.54, 1.807) is 0 Å². The summed E-state index contributed by atoms with van der Waals surface area (Å²) in [5.74, 6) is 0.947. The summed E-state index contributed by atoms with van der Waals surface area (Å²) in [4.78, 5) is 5.05. The second-order valence-electron chi connectivity index (χ2n) is 9.40. The Labute approximate surface area is 186 Å². The van der Waals surface area contributed by atoms with Crippen LogP contribution in [-0.2, 0) is 12.5 Å². The van der Waals surface area contributed by atoms with Gasteiger partial charge < -0.3 is 4.57 Å². The van der Waals surface area contributed by atoms with E-state index in [1.807, 2.05) is 0 Å². The van der Waals surface area contributed by atoms with Crippen LogP contribution in [0.2, 0.25) is 0 Å². The molecule has 2 aromatic heterocycles. The molecule has 0 N–H and O–H groups in total. The molecular formula is C29H23N3. The van der Waals surface area contributed by atoms with Crippen molar-refractivity contribution in [1.82, 2.24) is 14.1 Å². The molecule has 0 amide bonds. The van der Waals surface area contributed by atoms with Crippen LogP contribution in [0, 0.1) is 0 Å². The van der Waals surface area contributed by atoms with Crippen molar-refractivity contribution in [2.75, 3.05) is 0 Å². The minimum atomic E-state index is -0.0127. The Morgan fingerprint density at radius 1 is 0.656 bits per heavy atom. The largest absolute Gasteiger partial charge is 0.313 e. The van der Waals surface area contributed by atoms with Crippen molar-refractivity contribution in [3.63, 3.8) is 0 Å². The quantitative estimate of drug-likeness (QED) is 0.285. The molecule has 1 aliphatic rings. The van der Waals surface area contributed by atoms with Crippen molar-refractivity contribution < 1.29 is 0 Å². The van der Waals surface area contributed by atoms with E-state index in [0.717, 1.165) is 17.0 Å². The average molecular weight is 414 g/mol. The van der Waals surface area contributed by atoms with Crippen molar-refractivity contribution >= 4 is 32.8 Å². The molecule has 3 nitrogen and oxygen atoms in total. The van der Waals surface area contributed by atoms with Crippen LogP contribution in [0.4, 0.5) is 0 Å². The fraction of sp³-hybridized carbons (Fsp3) is 0.138. The SMILES string of the molecule is Cn1c(-n2c3ccccc3c3cc4c(cc32)-c2ccccc2C4(C)C)nc2ccccc21. The van der Waals surface area contributed by atoms with E-state index in [2.05, 4.69) is 115 Å². The number of imidazole rings is 1.